The van der Waals surface area contributed by atoms with Gasteiger partial charge in [0, 0.05) is 23.5 Å². The van der Waals surface area contributed by atoms with Crippen molar-refractivity contribution in [3.63, 3.8) is 0 Å². The van der Waals surface area contributed by atoms with Gasteiger partial charge in [0.1, 0.15) is 0 Å². The van der Waals surface area contributed by atoms with Gasteiger partial charge in [0.15, 0.2) is 0 Å². The van der Waals surface area contributed by atoms with Gasteiger partial charge in [0.05, 0.1) is 12.6 Å². The maximum Gasteiger partial charge on any atom is 0.220 e. The fraction of sp³-hybridized carbons (Fsp3) is 0.900. The Hall–Kier alpha value is -1.08. The highest BCUT2D eigenvalue weighted by molar-refractivity contribution is 5.76. The van der Waals surface area contributed by atoms with E-state index < -0.39 is 0 Å². The van der Waals surface area contributed by atoms with Crippen LogP contribution in [-0.4, -0.2) is 34.5 Å². The standard InChI is InChI=1S/C20H37N3O/c1-6-7-8-9-10-11-12-18(24)22-17-15-19(2,3)23(14-13-21)20(4,5)16-17/h17H,6-12,14-16H2,1-5H3,(H,22,24). The van der Waals surface area contributed by atoms with Crippen LogP contribution >= 0.6 is 0 Å². The molecule has 0 aliphatic carbocycles. The Balaban J connectivity index is 2.43. The summed E-state index contributed by atoms with van der Waals surface area (Å²) in [7, 11) is 0. The fourth-order valence-electron chi connectivity index (χ4n) is 4.28. The van der Waals surface area contributed by atoms with Crippen molar-refractivity contribution in [2.75, 3.05) is 6.54 Å². The van der Waals surface area contributed by atoms with Crippen LogP contribution in [0.3, 0.4) is 0 Å². The first-order chi connectivity index (χ1) is 11.2. The summed E-state index contributed by atoms with van der Waals surface area (Å²) in [6.45, 7) is 11.4. The minimum Gasteiger partial charge on any atom is -0.353 e. The van der Waals surface area contributed by atoms with Crippen LogP contribution in [0.1, 0.15) is 92.4 Å². The predicted octanol–water partition coefficient (Wildman–Crippen LogP) is 4.40. The molecule has 4 nitrogen and oxygen atoms in total. The van der Waals surface area contributed by atoms with Gasteiger partial charge in [-0.3, -0.25) is 9.69 Å². The van der Waals surface area contributed by atoms with Gasteiger partial charge in [-0.2, -0.15) is 5.26 Å². The predicted molar refractivity (Wildman–Crippen MR) is 99.6 cm³/mol. The Morgan fingerprint density at radius 2 is 1.62 bits per heavy atom. The zero-order valence-corrected chi connectivity index (χ0v) is 16.5. The van der Waals surface area contributed by atoms with E-state index >= 15 is 0 Å². The van der Waals surface area contributed by atoms with E-state index in [4.69, 9.17) is 5.26 Å². The summed E-state index contributed by atoms with van der Waals surface area (Å²) in [5, 5.41) is 12.4. The second-order valence-electron chi connectivity index (χ2n) is 8.56. The van der Waals surface area contributed by atoms with Crippen LogP contribution in [0.5, 0.6) is 0 Å². The van der Waals surface area contributed by atoms with E-state index in [9.17, 15) is 4.79 Å². The molecule has 1 aliphatic heterocycles. The molecule has 138 valence electrons. The van der Waals surface area contributed by atoms with E-state index in [1.807, 2.05) is 0 Å². The monoisotopic (exact) mass is 335 g/mol. The van der Waals surface area contributed by atoms with Gasteiger partial charge in [-0.1, -0.05) is 39.0 Å². The molecule has 24 heavy (non-hydrogen) atoms. The summed E-state index contributed by atoms with van der Waals surface area (Å²) < 4.78 is 0. The van der Waals surface area contributed by atoms with Gasteiger partial charge in [-0.05, 0) is 47.0 Å². The summed E-state index contributed by atoms with van der Waals surface area (Å²) in [6.07, 6.45) is 9.70. The lowest BCUT2D eigenvalue weighted by atomic mass is 9.77. The van der Waals surface area contributed by atoms with Crippen LogP contribution in [0, 0.1) is 11.3 Å². The number of nitriles is 1. The van der Waals surface area contributed by atoms with E-state index in [-0.39, 0.29) is 23.0 Å². The third kappa shape index (κ3) is 6.43. The number of likely N-dealkylation sites (tertiary alicyclic amines) is 1. The third-order valence-corrected chi connectivity index (χ3v) is 5.30. The zero-order chi connectivity index (χ0) is 18.2. The molecule has 0 unspecified atom stereocenters. The molecule has 4 heteroatoms. The lowest BCUT2D eigenvalue weighted by Crippen LogP contribution is -2.64. The average Bonchev–Trinajstić information content (AvgIpc) is 2.45. The van der Waals surface area contributed by atoms with Crippen molar-refractivity contribution in [2.45, 2.75) is 110 Å². The highest BCUT2D eigenvalue weighted by Gasteiger charge is 2.45. The van der Waals surface area contributed by atoms with Crippen molar-refractivity contribution in [1.29, 1.82) is 5.26 Å². The van der Waals surface area contributed by atoms with Gasteiger partial charge >= 0.3 is 0 Å². The maximum atomic E-state index is 12.3. The summed E-state index contributed by atoms with van der Waals surface area (Å²) in [5.74, 6) is 0.191. The Morgan fingerprint density at radius 1 is 1.08 bits per heavy atom. The topological polar surface area (TPSA) is 56.1 Å². The molecule has 1 N–H and O–H groups in total. The summed E-state index contributed by atoms with van der Waals surface area (Å²) >= 11 is 0. The first kappa shape index (κ1) is 21.0. The molecule has 1 amide bonds. The van der Waals surface area contributed by atoms with Gasteiger partial charge in [-0.25, -0.2) is 0 Å². The van der Waals surface area contributed by atoms with Crippen molar-refractivity contribution >= 4 is 5.91 Å². The Bertz CT molecular complexity index is 419. The number of carbonyl (C=O) groups excluding carboxylic acids is 1. The number of carbonyl (C=O) groups is 1. The van der Waals surface area contributed by atoms with E-state index in [0.717, 1.165) is 25.7 Å². The van der Waals surface area contributed by atoms with Crippen molar-refractivity contribution < 1.29 is 4.79 Å². The number of nitrogens with one attached hydrogen (secondary N) is 1. The number of hydrogen-bond donors (Lipinski definition) is 1. The summed E-state index contributed by atoms with van der Waals surface area (Å²) in [5.41, 5.74) is -0.148. The molecule has 0 aromatic carbocycles. The number of unbranched alkanes of at least 4 members (excludes halogenated alkanes) is 5. The molecule has 0 aromatic rings. The first-order valence-corrected chi connectivity index (χ1v) is 9.67. The lowest BCUT2D eigenvalue weighted by Gasteiger charge is -2.54. The molecular formula is C20H37N3O. The van der Waals surface area contributed by atoms with E-state index in [1.165, 1.54) is 25.7 Å². The van der Waals surface area contributed by atoms with Crippen LogP contribution in [0.15, 0.2) is 0 Å². The minimum absolute atomic E-state index is 0.0738. The number of rotatable bonds is 9. The minimum atomic E-state index is -0.0738. The van der Waals surface area contributed by atoms with Crippen LogP contribution < -0.4 is 5.32 Å². The SMILES string of the molecule is CCCCCCCCC(=O)NC1CC(C)(C)N(CC#N)C(C)(C)C1. The fourth-order valence-corrected chi connectivity index (χ4v) is 4.28. The quantitative estimate of drug-likeness (QED) is 0.502. The zero-order valence-electron chi connectivity index (χ0n) is 16.5. The highest BCUT2D eigenvalue weighted by atomic mass is 16.1. The maximum absolute atomic E-state index is 12.3. The highest BCUT2D eigenvalue weighted by Crippen LogP contribution is 2.38. The molecule has 0 aromatic heterocycles. The molecule has 1 saturated heterocycles. The van der Waals surface area contributed by atoms with Crippen molar-refractivity contribution in [3.05, 3.63) is 0 Å². The third-order valence-electron chi connectivity index (χ3n) is 5.30. The van der Waals surface area contributed by atoms with Gasteiger partial charge in [0.2, 0.25) is 5.91 Å². The largest absolute Gasteiger partial charge is 0.353 e. The van der Waals surface area contributed by atoms with E-state index in [2.05, 4.69) is 50.9 Å². The molecule has 1 heterocycles. The summed E-state index contributed by atoms with van der Waals surface area (Å²) in [4.78, 5) is 14.5. The van der Waals surface area contributed by atoms with Crippen LogP contribution in [0.4, 0.5) is 0 Å². The molecular weight excluding hydrogens is 298 g/mol. The number of nitrogens with zero attached hydrogens (tertiary/aromatic N) is 2. The van der Waals surface area contributed by atoms with Crippen molar-refractivity contribution in [3.8, 4) is 6.07 Å². The number of hydrogen-bond acceptors (Lipinski definition) is 3. The normalized spacial score (nSPS) is 20.5. The number of amides is 1. The first-order valence-electron chi connectivity index (χ1n) is 9.67. The molecule has 0 atom stereocenters. The molecule has 1 aliphatic rings. The smallest absolute Gasteiger partial charge is 0.220 e. The van der Waals surface area contributed by atoms with Crippen molar-refractivity contribution in [2.24, 2.45) is 0 Å². The molecule has 0 bridgehead atoms. The molecule has 0 radical (unpaired) electrons. The van der Waals surface area contributed by atoms with Gasteiger partial charge in [0.25, 0.3) is 0 Å². The van der Waals surface area contributed by atoms with Gasteiger partial charge < -0.3 is 5.32 Å². The lowest BCUT2D eigenvalue weighted by molar-refractivity contribution is -0.123. The molecule has 1 rings (SSSR count). The van der Waals surface area contributed by atoms with Gasteiger partial charge in [-0.15, -0.1) is 0 Å². The van der Waals surface area contributed by atoms with Crippen LogP contribution in [-0.2, 0) is 4.79 Å². The second kappa shape index (κ2) is 9.42. The Kier molecular flexibility index (Phi) is 8.22. The van der Waals surface area contributed by atoms with E-state index in [1.54, 1.807) is 0 Å². The average molecular weight is 336 g/mol. The van der Waals surface area contributed by atoms with Crippen LogP contribution in [0.2, 0.25) is 0 Å². The molecule has 0 spiro atoms. The van der Waals surface area contributed by atoms with Crippen molar-refractivity contribution in [1.82, 2.24) is 10.2 Å². The Morgan fingerprint density at radius 3 is 2.17 bits per heavy atom. The Labute approximate surface area is 149 Å². The summed E-state index contributed by atoms with van der Waals surface area (Å²) in [6, 6.07) is 2.50. The molecule has 1 fully saturated rings. The second-order valence-corrected chi connectivity index (χ2v) is 8.56. The van der Waals surface area contributed by atoms with E-state index in [0.29, 0.717) is 13.0 Å². The number of piperidine rings is 1. The molecule has 0 saturated carbocycles. The van der Waals surface area contributed by atoms with Crippen LogP contribution in [0.25, 0.3) is 0 Å².